The molecule has 0 heterocycles. The van der Waals surface area contributed by atoms with E-state index in [1.807, 2.05) is 0 Å². The highest BCUT2D eigenvalue weighted by atomic mass is 16.4. The summed E-state index contributed by atoms with van der Waals surface area (Å²) in [6.07, 6.45) is 23.4. The molecule has 0 aliphatic heterocycles. The number of aliphatic carboxylic acids is 1. The highest BCUT2D eigenvalue weighted by Crippen LogP contribution is 2.23. The van der Waals surface area contributed by atoms with Crippen molar-refractivity contribution in [2.75, 3.05) is 0 Å². The Morgan fingerprint density at radius 1 is 0.857 bits per heavy atom. The van der Waals surface area contributed by atoms with Gasteiger partial charge in [0.1, 0.15) is 0 Å². The maximum Gasteiger partial charge on any atom is 0.303 e. The molecule has 0 spiro atoms. The van der Waals surface area contributed by atoms with Gasteiger partial charge in [-0.2, -0.15) is 0 Å². The quantitative estimate of drug-likeness (QED) is 0.310. The van der Waals surface area contributed by atoms with E-state index in [-0.39, 0.29) is 0 Å². The van der Waals surface area contributed by atoms with Crippen LogP contribution < -0.4 is 0 Å². The van der Waals surface area contributed by atoms with E-state index in [4.69, 9.17) is 5.11 Å². The van der Waals surface area contributed by atoms with E-state index in [0.717, 1.165) is 18.8 Å². The van der Waals surface area contributed by atoms with Crippen molar-refractivity contribution in [3.8, 4) is 0 Å². The lowest BCUT2D eigenvalue weighted by atomic mass is 9.99. The van der Waals surface area contributed by atoms with Crippen LogP contribution in [-0.2, 0) is 4.79 Å². The first kappa shape index (κ1) is 18.3. The van der Waals surface area contributed by atoms with Crippen LogP contribution in [0.15, 0.2) is 12.2 Å². The molecule has 0 aromatic heterocycles. The van der Waals surface area contributed by atoms with Gasteiger partial charge >= 0.3 is 5.97 Å². The molecule has 0 saturated heterocycles. The van der Waals surface area contributed by atoms with Gasteiger partial charge in [-0.25, -0.2) is 0 Å². The summed E-state index contributed by atoms with van der Waals surface area (Å²) in [5.41, 5.74) is 0. The minimum absolute atomic E-state index is 0.344. The first-order chi connectivity index (χ1) is 10.3. The third-order valence-corrected chi connectivity index (χ3v) is 4.58. The van der Waals surface area contributed by atoms with Gasteiger partial charge in [0.15, 0.2) is 0 Å². The van der Waals surface area contributed by atoms with Crippen LogP contribution in [0.2, 0.25) is 0 Å². The van der Waals surface area contributed by atoms with Crippen LogP contribution in [0.1, 0.15) is 96.3 Å². The van der Waals surface area contributed by atoms with Gasteiger partial charge < -0.3 is 5.11 Å². The number of hydrogen-bond donors (Lipinski definition) is 1. The van der Waals surface area contributed by atoms with Crippen LogP contribution in [0.5, 0.6) is 0 Å². The average molecular weight is 294 g/mol. The molecule has 2 nitrogen and oxygen atoms in total. The average Bonchev–Trinajstić information content (AvgIpc) is 2.97. The van der Waals surface area contributed by atoms with E-state index in [0.29, 0.717) is 6.42 Å². The zero-order chi connectivity index (χ0) is 15.2. The second-order valence-electron chi connectivity index (χ2n) is 6.59. The Balaban J connectivity index is 1.69. The molecule has 0 bridgehead atoms. The number of carboxylic acid groups (broad SMARTS) is 1. The lowest BCUT2D eigenvalue weighted by Gasteiger charge is -2.06. The SMILES string of the molecule is O=C(O)CCCCCCCCCCCCCC1C=CCC1. The number of allylic oxidation sites excluding steroid dienone is 2. The molecule has 1 N–H and O–H groups in total. The molecule has 1 aliphatic rings. The predicted molar refractivity (Wildman–Crippen MR) is 89.5 cm³/mol. The van der Waals surface area contributed by atoms with Gasteiger partial charge in [0.05, 0.1) is 0 Å². The lowest BCUT2D eigenvalue weighted by Crippen LogP contribution is -1.93. The Morgan fingerprint density at radius 3 is 1.86 bits per heavy atom. The number of rotatable bonds is 14. The molecule has 1 unspecified atom stereocenters. The smallest absolute Gasteiger partial charge is 0.303 e. The summed E-state index contributed by atoms with van der Waals surface area (Å²) in [4.78, 5) is 10.4. The Labute approximate surface area is 131 Å². The summed E-state index contributed by atoms with van der Waals surface area (Å²) in [6, 6.07) is 0. The van der Waals surface area contributed by atoms with Gasteiger partial charge in [0.25, 0.3) is 0 Å². The van der Waals surface area contributed by atoms with Gasteiger partial charge in [0, 0.05) is 6.42 Å². The maximum atomic E-state index is 10.4. The van der Waals surface area contributed by atoms with Gasteiger partial charge in [-0.05, 0) is 31.6 Å². The van der Waals surface area contributed by atoms with Crippen molar-refractivity contribution < 1.29 is 9.90 Å². The standard InChI is InChI=1S/C19H34O2/c20-19(21)17-11-9-7-5-3-1-2-4-6-8-10-14-18-15-12-13-16-18/h12,15,18H,1-11,13-14,16-17H2,(H,20,21). The van der Waals surface area contributed by atoms with Crippen molar-refractivity contribution in [3.63, 3.8) is 0 Å². The zero-order valence-corrected chi connectivity index (χ0v) is 13.7. The van der Waals surface area contributed by atoms with Gasteiger partial charge in [-0.3, -0.25) is 4.79 Å². The zero-order valence-electron chi connectivity index (χ0n) is 13.7. The van der Waals surface area contributed by atoms with Crippen molar-refractivity contribution >= 4 is 5.97 Å². The summed E-state index contributed by atoms with van der Waals surface area (Å²) in [7, 11) is 0. The molecule has 1 aliphatic carbocycles. The molecule has 1 atom stereocenters. The van der Waals surface area contributed by atoms with E-state index in [9.17, 15) is 4.79 Å². The van der Waals surface area contributed by atoms with Crippen LogP contribution in [0.25, 0.3) is 0 Å². The number of carbonyl (C=O) groups is 1. The molecule has 0 aromatic carbocycles. The Morgan fingerprint density at radius 2 is 1.38 bits per heavy atom. The first-order valence-electron chi connectivity index (χ1n) is 9.17. The van der Waals surface area contributed by atoms with E-state index in [2.05, 4.69) is 12.2 Å². The fourth-order valence-corrected chi connectivity index (χ4v) is 3.21. The molecule has 21 heavy (non-hydrogen) atoms. The number of hydrogen-bond acceptors (Lipinski definition) is 1. The number of carboxylic acids is 1. The molecule has 0 aromatic rings. The fourth-order valence-electron chi connectivity index (χ4n) is 3.21. The third-order valence-electron chi connectivity index (χ3n) is 4.58. The first-order valence-corrected chi connectivity index (χ1v) is 9.17. The molecular weight excluding hydrogens is 260 g/mol. The van der Waals surface area contributed by atoms with Crippen LogP contribution in [0, 0.1) is 5.92 Å². The fraction of sp³-hybridized carbons (Fsp3) is 0.842. The number of unbranched alkanes of at least 4 members (excludes halogenated alkanes) is 10. The van der Waals surface area contributed by atoms with Crippen LogP contribution in [-0.4, -0.2) is 11.1 Å². The molecular formula is C19H34O2. The van der Waals surface area contributed by atoms with E-state index < -0.39 is 5.97 Å². The minimum Gasteiger partial charge on any atom is -0.481 e. The summed E-state index contributed by atoms with van der Waals surface area (Å²) < 4.78 is 0. The maximum absolute atomic E-state index is 10.4. The van der Waals surface area contributed by atoms with Crippen molar-refractivity contribution in [1.29, 1.82) is 0 Å². The lowest BCUT2D eigenvalue weighted by molar-refractivity contribution is -0.137. The monoisotopic (exact) mass is 294 g/mol. The van der Waals surface area contributed by atoms with E-state index in [1.165, 1.54) is 77.0 Å². The molecule has 2 heteroatoms. The van der Waals surface area contributed by atoms with Crippen molar-refractivity contribution in [3.05, 3.63) is 12.2 Å². The van der Waals surface area contributed by atoms with Crippen molar-refractivity contribution in [1.82, 2.24) is 0 Å². The topological polar surface area (TPSA) is 37.3 Å². The summed E-state index contributed by atoms with van der Waals surface area (Å²) >= 11 is 0. The largest absolute Gasteiger partial charge is 0.481 e. The summed E-state index contributed by atoms with van der Waals surface area (Å²) in [5.74, 6) is 0.241. The van der Waals surface area contributed by atoms with Gasteiger partial charge in [0.2, 0.25) is 0 Å². The second kappa shape index (κ2) is 12.9. The van der Waals surface area contributed by atoms with Crippen LogP contribution >= 0.6 is 0 Å². The van der Waals surface area contributed by atoms with Crippen molar-refractivity contribution in [2.24, 2.45) is 5.92 Å². The molecule has 0 amide bonds. The van der Waals surface area contributed by atoms with E-state index in [1.54, 1.807) is 0 Å². The Hall–Kier alpha value is -0.790. The molecule has 122 valence electrons. The van der Waals surface area contributed by atoms with Crippen LogP contribution in [0.4, 0.5) is 0 Å². The molecule has 0 saturated carbocycles. The summed E-state index contributed by atoms with van der Waals surface area (Å²) in [6.45, 7) is 0. The Bertz CT molecular complexity index is 283. The predicted octanol–water partition coefficient (Wildman–Crippen LogP) is 6.11. The molecule has 1 rings (SSSR count). The van der Waals surface area contributed by atoms with Gasteiger partial charge in [-0.15, -0.1) is 0 Å². The van der Waals surface area contributed by atoms with Gasteiger partial charge in [-0.1, -0.05) is 76.4 Å². The third kappa shape index (κ3) is 11.5. The summed E-state index contributed by atoms with van der Waals surface area (Å²) in [5, 5.41) is 8.53. The molecule has 0 fully saturated rings. The second-order valence-corrected chi connectivity index (χ2v) is 6.59. The van der Waals surface area contributed by atoms with Crippen LogP contribution in [0.3, 0.4) is 0 Å². The highest BCUT2D eigenvalue weighted by Gasteiger charge is 2.07. The highest BCUT2D eigenvalue weighted by molar-refractivity contribution is 5.66. The minimum atomic E-state index is -0.654. The molecule has 0 radical (unpaired) electrons. The normalized spacial score (nSPS) is 17.4. The Kier molecular flexibility index (Phi) is 11.2. The van der Waals surface area contributed by atoms with E-state index >= 15 is 0 Å². The van der Waals surface area contributed by atoms with Crippen molar-refractivity contribution in [2.45, 2.75) is 96.3 Å².